The molecule has 0 aliphatic carbocycles. The van der Waals surface area contributed by atoms with E-state index in [0.717, 1.165) is 23.6 Å². The second-order valence-corrected chi connectivity index (χ2v) is 5.17. The van der Waals surface area contributed by atoms with Crippen molar-refractivity contribution in [1.29, 1.82) is 0 Å². The molecule has 0 aromatic rings. The van der Waals surface area contributed by atoms with Crippen molar-refractivity contribution in [3.63, 3.8) is 0 Å². The first-order valence-corrected chi connectivity index (χ1v) is 6.95. The number of hydrogen-bond donors (Lipinski definition) is 3. The molecule has 1 fully saturated rings. The molecule has 2 rings (SSSR count). The van der Waals surface area contributed by atoms with E-state index in [0.29, 0.717) is 0 Å². The fourth-order valence-corrected chi connectivity index (χ4v) is 1.91. The maximum Gasteiger partial charge on any atom is 0.406 e. The minimum absolute atomic E-state index is 0.278. The number of piperidine rings is 1. The van der Waals surface area contributed by atoms with Gasteiger partial charge in [0.25, 0.3) is 0 Å². The third kappa shape index (κ3) is 5.86. The van der Waals surface area contributed by atoms with E-state index in [1.807, 2.05) is 12.3 Å². The molecule has 21 heavy (non-hydrogen) atoms. The quantitative estimate of drug-likeness (QED) is 0.665. The average Bonchev–Trinajstić information content (AvgIpc) is 2.45. The van der Waals surface area contributed by atoms with Crippen molar-refractivity contribution >= 4 is 11.9 Å². The van der Waals surface area contributed by atoms with Crippen LogP contribution in [-0.4, -0.2) is 65.2 Å². The van der Waals surface area contributed by atoms with E-state index >= 15 is 0 Å². The fourth-order valence-electron chi connectivity index (χ4n) is 1.91. The predicted molar refractivity (Wildman–Crippen MR) is 82.0 cm³/mol. The monoisotopic (exact) mass is 296 g/mol. The number of aliphatic imine (C=N–C) groups is 1. The van der Waals surface area contributed by atoms with Gasteiger partial charge in [0, 0.05) is 45.2 Å². The first kappa shape index (κ1) is 17.0. The van der Waals surface area contributed by atoms with Crippen molar-refractivity contribution in [3.05, 3.63) is 24.0 Å². The van der Waals surface area contributed by atoms with Gasteiger partial charge in [-0.15, -0.1) is 0 Å². The number of aliphatic hydroxyl groups excluding tert-OH is 1. The summed E-state index contributed by atoms with van der Waals surface area (Å²) in [5.74, 6) is 0.278. The Morgan fingerprint density at radius 3 is 2.52 bits per heavy atom. The van der Waals surface area contributed by atoms with Gasteiger partial charge in [-0.3, -0.25) is 0 Å². The van der Waals surface area contributed by atoms with E-state index in [9.17, 15) is 9.90 Å². The number of hydrogen-bond acceptors (Lipinski definition) is 5. The smallest absolute Gasteiger partial charge is 0.406 e. The minimum Gasteiger partial charge on any atom is -0.465 e. The normalized spacial score (nSPS) is 23.2. The molecule has 0 spiro atoms. The van der Waals surface area contributed by atoms with Crippen LogP contribution < -0.4 is 5.73 Å². The van der Waals surface area contributed by atoms with Crippen LogP contribution in [0.3, 0.4) is 0 Å². The van der Waals surface area contributed by atoms with E-state index in [1.54, 1.807) is 6.20 Å². The molecular formula is C14H24N4O3. The van der Waals surface area contributed by atoms with Crippen molar-refractivity contribution in [2.24, 2.45) is 10.7 Å². The van der Waals surface area contributed by atoms with Gasteiger partial charge in [-0.2, -0.15) is 0 Å². The molecule has 0 aromatic carbocycles. The summed E-state index contributed by atoms with van der Waals surface area (Å²) in [5.41, 5.74) is 6.40. The van der Waals surface area contributed by atoms with Crippen LogP contribution in [0.4, 0.5) is 4.79 Å². The Hall–Kier alpha value is -2.02. The van der Waals surface area contributed by atoms with Gasteiger partial charge in [0.05, 0.1) is 0 Å². The van der Waals surface area contributed by atoms with E-state index in [-0.39, 0.29) is 5.84 Å². The molecule has 0 bridgehead atoms. The number of aliphatic hydroxyl groups is 1. The van der Waals surface area contributed by atoms with Crippen LogP contribution in [0, 0.1) is 0 Å². The topological polar surface area (TPSA) is 102 Å². The highest BCUT2D eigenvalue weighted by molar-refractivity contribution is 5.89. The van der Waals surface area contributed by atoms with E-state index in [2.05, 4.69) is 9.89 Å². The van der Waals surface area contributed by atoms with Crippen LogP contribution in [0.5, 0.6) is 0 Å². The minimum atomic E-state index is -0.907. The standard InChI is InChI=1S/C11H17N3O.C3H7NO2/c12-11-10(15)9(4-5-13-11)8-14-6-2-1-3-7-14;1-4(2)3(5)6/h4-5,8,10,15H,1-3,6-7H2,(H2,12,13);1-2H3,(H,5,6). The molecule has 7 heteroatoms. The van der Waals surface area contributed by atoms with Gasteiger partial charge in [0.15, 0.2) is 0 Å². The Balaban J connectivity index is 0.000000315. The maximum absolute atomic E-state index is 9.77. The Labute approximate surface area is 125 Å². The highest BCUT2D eigenvalue weighted by Gasteiger charge is 2.17. The van der Waals surface area contributed by atoms with Gasteiger partial charge >= 0.3 is 6.09 Å². The second-order valence-electron chi connectivity index (χ2n) is 5.17. The largest absolute Gasteiger partial charge is 0.465 e. The number of nitrogens with two attached hydrogens (primary N) is 1. The highest BCUT2D eigenvalue weighted by Crippen LogP contribution is 2.15. The van der Waals surface area contributed by atoms with Gasteiger partial charge in [0.2, 0.25) is 0 Å². The van der Waals surface area contributed by atoms with E-state index in [4.69, 9.17) is 10.8 Å². The summed E-state index contributed by atoms with van der Waals surface area (Å²) in [7, 11) is 2.95. The van der Waals surface area contributed by atoms with Crippen LogP contribution in [0.25, 0.3) is 0 Å². The van der Waals surface area contributed by atoms with Crippen molar-refractivity contribution in [2.75, 3.05) is 27.2 Å². The highest BCUT2D eigenvalue weighted by atomic mass is 16.4. The molecule has 7 nitrogen and oxygen atoms in total. The zero-order valence-corrected chi connectivity index (χ0v) is 12.6. The molecule has 2 heterocycles. The van der Waals surface area contributed by atoms with Gasteiger partial charge in [0.1, 0.15) is 11.9 Å². The fraction of sp³-hybridized carbons (Fsp3) is 0.571. The first-order valence-electron chi connectivity index (χ1n) is 6.95. The lowest BCUT2D eigenvalue weighted by Crippen LogP contribution is -2.33. The Bertz CT molecular complexity index is 438. The molecule has 1 amide bonds. The molecule has 2 aliphatic heterocycles. The summed E-state index contributed by atoms with van der Waals surface area (Å²) in [5, 5.41) is 17.7. The SMILES string of the molecule is CN(C)C(=O)O.NC1=NC=CC(=CN2CCCCC2)C1O. The van der Waals surface area contributed by atoms with Gasteiger partial charge in [-0.1, -0.05) is 0 Å². The van der Waals surface area contributed by atoms with Gasteiger partial charge in [-0.05, 0) is 25.3 Å². The summed E-state index contributed by atoms with van der Waals surface area (Å²) in [6.45, 7) is 2.14. The molecule has 1 saturated heterocycles. The van der Waals surface area contributed by atoms with E-state index < -0.39 is 12.2 Å². The molecule has 0 saturated carbocycles. The average molecular weight is 296 g/mol. The summed E-state index contributed by atoms with van der Waals surface area (Å²) >= 11 is 0. The third-order valence-corrected chi connectivity index (χ3v) is 3.19. The number of nitrogens with zero attached hydrogens (tertiary/aromatic N) is 3. The van der Waals surface area contributed by atoms with Crippen LogP contribution in [-0.2, 0) is 0 Å². The maximum atomic E-state index is 9.77. The third-order valence-electron chi connectivity index (χ3n) is 3.19. The molecule has 0 radical (unpaired) electrons. The number of carbonyl (C=O) groups is 1. The van der Waals surface area contributed by atoms with E-state index in [1.165, 1.54) is 33.4 Å². The summed E-state index contributed by atoms with van der Waals surface area (Å²) < 4.78 is 0. The number of carboxylic acid groups (broad SMARTS) is 1. The number of rotatable bonds is 1. The van der Waals surface area contributed by atoms with Crippen LogP contribution in [0.1, 0.15) is 19.3 Å². The molecule has 2 aliphatic rings. The lowest BCUT2D eigenvalue weighted by Gasteiger charge is -2.27. The summed E-state index contributed by atoms with van der Waals surface area (Å²) in [6.07, 6.45) is 7.57. The first-order chi connectivity index (χ1) is 9.91. The van der Waals surface area contributed by atoms with Crippen molar-refractivity contribution in [1.82, 2.24) is 9.80 Å². The summed E-state index contributed by atoms with van der Waals surface area (Å²) in [6, 6.07) is 0. The van der Waals surface area contributed by atoms with Gasteiger partial charge < -0.3 is 25.7 Å². The zero-order valence-electron chi connectivity index (χ0n) is 12.6. The predicted octanol–water partition coefficient (Wildman–Crippen LogP) is 0.828. The lowest BCUT2D eigenvalue weighted by molar-refractivity contribution is 0.165. The van der Waals surface area contributed by atoms with Crippen molar-refractivity contribution < 1.29 is 15.0 Å². The van der Waals surface area contributed by atoms with Crippen molar-refractivity contribution in [3.8, 4) is 0 Å². The Morgan fingerprint density at radius 1 is 1.43 bits per heavy atom. The number of likely N-dealkylation sites (tertiary alicyclic amines) is 1. The Morgan fingerprint density at radius 2 is 2.00 bits per heavy atom. The van der Waals surface area contributed by atoms with Crippen molar-refractivity contribution in [2.45, 2.75) is 25.4 Å². The summed E-state index contributed by atoms with van der Waals surface area (Å²) in [4.78, 5) is 16.8. The van der Waals surface area contributed by atoms with Gasteiger partial charge in [-0.25, -0.2) is 9.79 Å². The molecule has 0 aromatic heterocycles. The molecule has 1 atom stereocenters. The number of amidine groups is 1. The zero-order chi connectivity index (χ0) is 15.8. The molecule has 4 N–H and O–H groups in total. The van der Waals surface area contributed by atoms with Crippen LogP contribution >= 0.6 is 0 Å². The molecule has 1 unspecified atom stereocenters. The molecular weight excluding hydrogens is 272 g/mol. The lowest BCUT2D eigenvalue weighted by atomic mass is 10.1. The molecule has 118 valence electrons. The second kappa shape index (κ2) is 8.31. The van der Waals surface area contributed by atoms with Crippen LogP contribution in [0.2, 0.25) is 0 Å². The van der Waals surface area contributed by atoms with Crippen LogP contribution in [0.15, 0.2) is 29.0 Å². The number of amides is 1. The Kier molecular flexibility index (Phi) is 6.74.